The van der Waals surface area contributed by atoms with Gasteiger partial charge in [0.05, 0.1) is 17.6 Å². The Morgan fingerprint density at radius 2 is 1.86 bits per heavy atom. The Bertz CT molecular complexity index is 837. The van der Waals surface area contributed by atoms with Crippen LogP contribution >= 0.6 is 0 Å². The highest BCUT2D eigenvalue weighted by molar-refractivity contribution is 5.94. The number of aryl methyl sites for hydroxylation is 1. The summed E-state index contributed by atoms with van der Waals surface area (Å²) in [7, 11) is 1.85. The van der Waals surface area contributed by atoms with Gasteiger partial charge in [0.1, 0.15) is 17.5 Å². The number of hydrogen-bond acceptors (Lipinski definition) is 2. The summed E-state index contributed by atoms with van der Waals surface area (Å²) in [5.74, 6) is -1.46. The van der Waals surface area contributed by atoms with Gasteiger partial charge in [-0.25, -0.2) is 13.8 Å². The van der Waals surface area contributed by atoms with E-state index < -0.39 is 17.5 Å². The molecule has 0 fully saturated rings. The molecule has 6 heteroatoms. The van der Waals surface area contributed by atoms with Crippen molar-refractivity contribution in [2.45, 2.75) is 6.54 Å². The van der Waals surface area contributed by atoms with Gasteiger partial charge in [-0.1, -0.05) is 12.1 Å². The quantitative estimate of drug-likeness (QED) is 0.808. The van der Waals surface area contributed by atoms with E-state index in [1.165, 1.54) is 0 Å². The molecule has 3 rings (SSSR count). The standard InChI is InChI=1S/C16H13F2N3O/c1-21-14-5-3-2-4-13(14)20-15(21)9-19-16(22)10-6-11(17)8-12(18)7-10/h2-8H,9H2,1H3,(H,19,22). The molecule has 22 heavy (non-hydrogen) atoms. The number of carbonyl (C=O) groups excluding carboxylic acids is 1. The van der Waals surface area contributed by atoms with Crippen LogP contribution in [-0.4, -0.2) is 15.5 Å². The third-order valence-corrected chi connectivity index (χ3v) is 3.41. The molecule has 0 bridgehead atoms. The van der Waals surface area contributed by atoms with Crippen LogP contribution in [0, 0.1) is 11.6 Å². The van der Waals surface area contributed by atoms with E-state index in [9.17, 15) is 13.6 Å². The molecule has 1 heterocycles. The van der Waals surface area contributed by atoms with Gasteiger partial charge < -0.3 is 9.88 Å². The highest BCUT2D eigenvalue weighted by Crippen LogP contribution is 2.14. The van der Waals surface area contributed by atoms with E-state index in [1.54, 1.807) is 0 Å². The van der Waals surface area contributed by atoms with Crippen LogP contribution in [0.5, 0.6) is 0 Å². The van der Waals surface area contributed by atoms with Gasteiger partial charge in [0.15, 0.2) is 0 Å². The number of fused-ring (bicyclic) bond motifs is 1. The molecule has 0 aliphatic carbocycles. The highest BCUT2D eigenvalue weighted by atomic mass is 19.1. The van der Waals surface area contributed by atoms with Crippen molar-refractivity contribution in [2.75, 3.05) is 0 Å². The first-order chi connectivity index (χ1) is 10.5. The van der Waals surface area contributed by atoms with Crippen molar-refractivity contribution >= 4 is 16.9 Å². The summed E-state index contributed by atoms with van der Waals surface area (Å²) in [6.45, 7) is 0.169. The molecular formula is C16H13F2N3O. The first-order valence-electron chi connectivity index (χ1n) is 6.69. The van der Waals surface area contributed by atoms with Gasteiger partial charge in [-0.15, -0.1) is 0 Å². The van der Waals surface area contributed by atoms with E-state index >= 15 is 0 Å². The van der Waals surface area contributed by atoms with Crippen LogP contribution in [-0.2, 0) is 13.6 Å². The Morgan fingerprint density at radius 3 is 2.55 bits per heavy atom. The minimum Gasteiger partial charge on any atom is -0.345 e. The second-order valence-corrected chi connectivity index (χ2v) is 4.92. The minimum atomic E-state index is -0.784. The number of imidazole rings is 1. The predicted octanol–water partition coefficient (Wildman–Crippen LogP) is 2.78. The maximum atomic E-state index is 13.1. The Labute approximate surface area is 125 Å². The van der Waals surface area contributed by atoms with Crippen LogP contribution in [0.1, 0.15) is 16.2 Å². The molecule has 112 valence electrons. The van der Waals surface area contributed by atoms with Gasteiger partial charge >= 0.3 is 0 Å². The zero-order valence-electron chi connectivity index (χ0n) is 11.8. The van der Waals surface area contributed by atoms with E-state index in [4.69, 9.17) is 0 Å². The van der Waals surface area contributed by atoms with E-state index in [0.717, 1.165) is 29.2 Å². The maximum Gasteiger partial charge on any atom is 0.251 e. The van der Waals surface area contributed by atoms with Crippen molar-refractivity contribution in [2.24, 2.45) is 7.05 Å². The second-order valence-electron chi connectivity index (χ2n) is 4.92. The lowest BCUT2D eigenvalue weighted by molar-refractivity contribution is 0.0948. The van der Waals surface area contributed by atoms with Crippen LogP contribution < -0.4 is 5.32 Å². The lowest BCUT2D eigenvalue weighted by atomic mass is 10.2. The monoisotopic (exact) mass is 301 g/mol. The number of para-hydroxylation sites is 2. The number of benzene rings is 2. The number of carbonyl (C=O) groups is 1. The lowest BCUT2D eigenvalue weighted by Crippen LogP contribution is -2.24. The van der Waals surface area contributed by atoms with Gasteiger partial charge in [0, 0.05) is 18.7 Å². The van der Waals surface area contributed by atoms with Gasteiger partial charge in [0.2, 0.25) is 0 Å². The van der Waals surface area contributed by atoms with E-state index in [-0.39, 0.29) is 12.1 Å². The van der Waals surface area contributed by atoms with Crippen molar-refractivity contribution in [3.8, 4) is 0 Å². The maximum absolute atomic E-state index is 13.1. The van der Waals surface area contributed by atoms with E-state index in [0.29, 0.717) is 5.82 Å². The molecule has 1 aromatic heterocycles. The summed E-state index contributed by atoms with van der Waals surface area (Å²) in [4.78, 5) is 16.4. The molecule has 0 saturated heterocycles. The van der Waals surface area contributed by atoms with Crippen LogP contribution in [0.25, 0.3) is 11.0 Å². The number of halogens is 2. The summed E-state index contributed by atoms with van der Waals surface area (Å²) in [5.41, 5.74) is 1.71. The molecular weight excluding hydrogens is 288 g/mol. The summed E-state index contributed by atoms with van der Waals surface area (Å²) < 4.78 is 28.1. The second kappa shape index (κ2) is 5.55. The molecule has 0 aliphatic rings. The molecule has 3 aromatic rings. The van der Waals surface area contributed by atoms with Gasteiger partial charge in [0.25, 0.3) is 5.91 Å². The Hall–Kier alpha value is -2.76. The lowest BCUT2D eigenvalue weighted by Gasteiger charge is -2.06. The average Bonchev–Trinajstić information content (AvgIpc) is 2.81. The van der Waals surface area contributed by atoms with Crippen LogP contribution in [0.3, 0.4) is 0 Å². The largest absolute Gasteiger partial charge is 0.345 e. The fourth-order valence-corrected chi connectivity index (χ4v) is 2.30. The molecule has 0 aliphatic heterocycles. The normalized spacial score (nSPS) is 10.9. The van der Waals surface area contributed by atoms with E-state index in [1.807, 2.05) is 35.9 Å². The van der Waals surface area contributed by atoms with E-state index in [2.05, 4.69) is 10.3 Å². The van der Waals surface area contributed by atoms with Gasteiger partial charge in [-0.3, -0.25) is 4.79 Å². The van der Waals surface area contributed by atoms with Crippen LogP contribution in [0.15, 0.2) is 42.5 Å². The summed E-state index contributed by atoms with van der Waals surface area (Å²) in [6.07, 6.45) is 0. The summed E-state index contributed by atoms with van der Waals surface area (Å²) >= 11 is 0. The van der Waals surface area contributed by atoms with Gasteiger partial charge in [-0.2, -0.15) is 0 Å². The molecule has 0 radical (unpaired) electrons. The average molecular weight is 301 g/mol. The first kappa shape index (κ1) is 14.2. The van der Waals surface area contributed by atoms with Crippen LogP contribution in [0.2, 0.25) is 0 Å². The fraction of sp³-hybridized carbons (Fsp3) is 0.125. The smallest absolute Gasteiger partial charge is 0.251 e. The number of hydrogen-bond donors (Lipinski definition) is 1. The number of aromatic nitrogens is 2. The summed E-state index contributed by atoms with van der Waals surface area (Å²) in [5, 5.41) is 2.62. The van der Waals surface area contributed by atoms with Gasteiger partial charge in [-0.05, 0) is 24.3 Å². The first-order valence-corrected chi connectivity index (χ1v) is 6.69. The third-order valence-electron chi connectivity index (χ3n) is 3.41. The zero-order chi connectivity index (χ0) is 15.7. The third kappa shape index (κ3) is 2.67. The molecule has 0 saturated carbocycles. The van der Waals surface area contributed by atoms with Crippen LogP contribution in [0.4, 0.5) is 8.78 Å². The molecule has 1 N–H and O–H groups in total. The predicted molar refractivity (Wildman–Crippen MR) is 78.2 cm³/mol. The van der Waals surface area contributed by atoms with Crippen molar-refractivity contribution < 1.29 is 13.6 Å². The molecule has 0 spiro atoms. The summed E-state index contributed by atoms with van der Waals surface area (Å²) in [6, 6.07) is 10.3. The van der Waals surface area contributed by atoms with Crippen molar-refractivity contribution in [1.29, 1.82) is 0 Å². The number of rotatable bonds is 3. The minimum absolute atomic E-state index is 0.0590. The van der Waals surface area contributed by atoms with Crippen molar-refractivity contribution in [3.63, 3.8) is 0 Å². The molecule has 0 unspecified atom stereocenters. The Kier molecular flexibility index (Phi) is 3.58. The fourth-order valence-electron chi connectivity index (χ4n) is 2.30. The van der Waals surface area contributed by atoms with Crippen molar-refractivity contribution in [1.82, 2.24) is 14.9 Å². The number of nitrogens with zero attached hydrogens (tertiary/aromatic N) is 2. The highest BCUT2D eigenvalue weighted by Gasteiger charge is 2.11. The number of amides is 1. The molecule has 4 nitrogen and oxygen atoms in total. The SMILES string of the molecule is Cn1c(CNC(=O)c2cc(F)cc(F)c2)nc2ccccc21. The Morgan fingerprint density at radius 1 is 1.18 bits per heavy atom. The zero-order valence-corrected chi connectivity index (χ0v) is 11.8. The number of nitrogens with one attached hydrogen (secondary N) is 1. The Balaban J connectivity index is 1.78. The molecule has 1 amide bonds. The van der Waals surface area contributed by atoms with Crippen molar-refractivity contribution in [3.05, 3.63) is 65.5 Å². The molecule has 0 atom stereocenters. The topological polar surface area (TPSA) is 46.9 Å². The molecule has 2 aromatic carbocycles.